The Morgan fingerprint density at radius 2 is 2.00 bits per heavy atom. The molecule has 1 aromatic rings. The van der Waals surface area contributed by atoms with E-state index in [0.717, 1.165) is 11.1 Å². The minimum atomic E-state index is -0.868. The van der Waals surface area contributed by atoms with Crippen molar-refractivity contribution in [1.82, 2.24) is 4.90 Å². The Labute approximate surface area is 158 Å². The van der Waals surface area contributed by atoms with Gasteiger partial charge in [-0.3, -0.25) is 9.59 Å². The van der Waals surface area contributed by atoms with Crippen molar-refractivity contribution in [3.8, 4) is 0 Å². The number of hydrogen-bond acceptors (Lipinski definition) is 3. The van der Waals surface area contributed by atoms with Gasteiger partial charge < -0.3 is 9.64 Å². The molecule has 1 aliphatic carbocycles. The molecule has 4 nitrogen and oxygen atoms in total. The number of carbonyl (C=O) groups is 2. The zero-order valence-electron chi connectivity index (χ0n) is 13.1. The Bertz CT molecular complexity index is 800. The molecule has 0 fully saturated rings. The maximum absolute atomic E-state index is 12.6. The van der Waals surface area contributed by atoms with E-state index in [4.69, 9.17) is 16.3 Å². The van der Waals surface area contributed by atoms with Crippen LogP contribution in [0.3, 0.4) is 0 Å². The highest BCUT2D eigenvalue weighted by Crippen LogP contribution is 2.51. The number of ether oxygens (including phenoxy) is 1. The van der Waals surface area contributed by atoms with Gasteiger partial charge in [0.25, 0.3) is 5.91 Å². The predicted octanol–water partition coefficient (Wildman–Crippen LogP) is 3.67. The fraction of sp³-hybridized carbons (Fsp3) is 0.222. The average molecular weight is 456 g/mol. The quantitative estimate of drug-likeness (QED) is 0.388. The lowest BCUT2D eigenvalue weighted by Crippen LogP contribution is -2.46. The first kappa shape index (κ1) is 17.2. The van der Waals surface area contributed by atoms with Crippen molar-refractivity contribution in [2.45, 2.75) is 18.6 Å². The van der Waals surface area contributed by atoms with Crippen molar-refractivity contribution in [1.29, 1.82) is 0 Å². The first-order valence-electron chi connectivity index (χ1n) is 7.36. The van der Waals surface area contributed by atoms with Crippen molar-refractivity contribution in [3.05, 3.63) is 62.7 Å². The predicted molar refractivity (Wildman–Crippen MR) is 102 cm³/mol. The zero-order valence-corrected chi connectivity index (χ0v) is 16.0. The molecule has 2 aliphatic rings. The van der Waals surface area contributed by atoms with E-state index in [-0.39, 0.29) is 11.9 Å². The van der Waals surface area contributed by atoms with Crippen LogP contribution in [0.4, 0.5) is 0 Å². The summed E-state index contributed by atoms with van der Waals surface area (Å²) >= 11 is 8.68. The smallest absolute Gasteiger partial charge is 0.303 e. The van der Waals surface area contributed by atoms with Crippen LogP contribution < -0.4 is 0 Å². The molecule has 24 heavy (non-hydrogen) atoms. The molecule has 1 amide bonds. The Hall–Kier alpha value is -1.60. The van der Waals surface area contributed by atoms with Crippen LogP contribution in [-0.4, -0.2) is 35.5 Å². The normalized spacial score (nSPS) is 26.2. The minimum absolute atomic E-state index is 0.0865. The van der Waals surface area contributed by atoms with Gasteiger partial charge in [0.1, 0.15) is 11.6 Å². The maximum Gasteiger partial charge on any atom is 0.303 e. The molecule has 0 bridgehead atoms. The van der Waals surface area contributed by atoms with E-state index in [1.54, 1.807) is 24.1 Å². The number of halogens is 2. The Balaban J connectivity index is 2.13. The van der Waals surface area contributed by atoms with E-state index in [1.807, 2.05) is 36.4 Å². The SMILES string of the molecule is CC(=O)O[C@H]1C=C[C@]2(C(Cl)=C1)C(c1ccccc1)=C(I)C(=O)N2C. The molecule has 0 saturated carbocycles. The molecule has 3 rings (SSSR count). The van der Waals surface area contributed by atoms with Crippen LogP contribution in [0.25, 0.3) is 5.57 Å². The van der Waals surface area contributed by atoms with Crippen LogP contribution in [0.1, 0.15) is 12.5 Å². The monoisotopic (exact) mass is 455 g/mol. The second-order valence-corrected chi connectivity index (χ2v) is 7.12. The summed E-state index contributed by atoms with van der Waals surface area (Å²) < 4.78 is 5.81. The second kappa shape index (κ2) is 6.37. The molecule has 0 N–H and O–H groups in total. The van der Waals surface area contributed by atoms with Gasteiger partial charge in [-0.05, 0) is 46.4 Å². The van der Waals surface area contributed by atoms with Gasteiger partial charge in [-0.15, -0.1) is 0 Å². The first-order valence-corrected chi connectivity index (χ1v) is 8.82. The number of hydrogen-bond donors (Lipinski definition) is 0. The van der Waals surface area contributed by atoms with Crippen molar-refractivity contribution in [2.24, 2.45) is 0 Å². The third kappa shape index (κ3) is 2.59. The van der Waals surface area contributed by atoms with Crippen LogP contribution in [0.2, 0.25) is 0 Å². The van der Waals surface area contributed by atoms with Crippen molar-refractivity contribution >= 4 is 51.6 Å². The summed E-state index contributed by atoms with van der Waals surface area (Å²) in [5, 5.41) is 0.442. The summed E-state index contributed by atoms with van der Waals surface area (Å²) in [5.74, 6) is -0.470. The molecule has 0 saturated heterocycles. The minimum Gasteiger partial charge on any atom is -0.454 e. The summed E-state index contributed by atoms with van der Waals surface area (Å²) in [5.41, 5.74) is 0.907. The highest BCUT2D eigenvalue weighted by molar-refractivity contribution is 14.1. The lowest BCUT2D eigenvalue weighted by molar-refractivity contribution is -0.142. The molecule has 124 valence electrons. The average Bonchev–Trinajstić information content (AvgIpc) is 2.74. The highest BCUT2D eigenvalue weighted by atomic mass is 127. The van der Waals surface area contributed by atoms with Crippen LogP contribution in [0, 0.1) is 0 Å². The summed E-state index contributed by atoms with van der Waals surface area (Å²) in [7, 11) is 1.73. The molecule has 2 atom stereocenters. The zero-order chi connectivity index (χ0) is 17.5. The summed E-state index contributed by atoms with van der Waals surface area (Å²) in [6.45, 7) is 1.35. The van der Waals surface area contributed by atoms with Gasteiger partial charge >= 0.3 is 5.97 Å². The topological polar surface area (TPSA) is 46.6 Å². The molecular weight excluding hydrogens is 441 g/mol. The number of likely N-dealkylation sites (N-methyl/N-ethyl adjacent to an activating group) is 1. The Kier molecular flexibility index (Phi) is 4.57. The maximum atomic E-state index is 12.6. The van der Waals surface area contributed by atoms with E-state index in [2.05, 4.69) is 22.6 Å². The molecule has 6 heteroatoms. The third-order valence-electron chi connectivity index (χ3n) is 4.19. The van der Waals surface area contributed by atoms with E-state index in [1.165, 1.54) is 6.92 Å². The second-order valence-electron chi connectivity index (χ2n) is 5.63. The van der Waals surface area contributed by atoms with Crippen LogP contribution >= 0.6 is 34.2 Å². The molecular formula is C18H15ClINO3. The van der Waals surface area contributed by atoms with Crippen LogP contribution in [-0.2, 0) is 14.3 Å². The molecule has 1 heterocycles. The highest BCUT2D eigenvalue weighted by Gasteiger charge is 2.51. The van der Waals surface area contributed by atoms with Crippen molar-refractivity contribution < 1.29 is 14.3 Å². The molecule has 0 unspecified atom stereocenters. The summed E-state index contributed by atoms with van der Waals surface area (Å²) in [4.78, 5) is 25.4. The van der Waals surface area contributed by atoms with Crippen LogP contribution in [0.5, 0.6) is 0 Å². The number of nitrogens with zero attached hydrogens (tertiary/aromatic N) is 1. The van der Waals surface area contributed by atoms with Gasteiger partial charge in [-0.25, -0.2) is 0 Å². The first-order chi connectivity index (χ1) is 11.4. The van der Waals surface area contributed by atoms with Gasteiger partial charge in [0, 0.05) is 19.5 Å². The molecule has 0 aromatic heterocycles. The van der Waals surface area contributed by atoms with Crippen molar-refractivity contribution in [3.63, 3.8) is 0 Å². The number of amides is 1. The van der Waals surface area contributed by atoms with Gasteiger partial charge in [0.2, 0.25) is 0 Å². The largest absolute Gasteiger partial charge is 0.454 e. The molecule has 1 spiro atoms. The number of esters is 1. The van der Waals surface area contributed by atoms with Crippen molar-refractivity contribution in [2.75, 3.05) is 7.05 Å². The molecule has 0 radical (unpaired) electrons. The summed E-state index contributed by atoms with van der Waals surface area (Å²) in [6.07, 6.45) is 4.74. The standard InChI is InChI=1S/C18H15ClINO3/c1-11(22)24-13-8-9-18(14(19)10-13)15(12-6-4-3-5-7-12)16(20)17(23)21(18)2/h3-10,13H,1-2H3/t13-,18-/m0/s1. The van der Waals surface area contributed by atoms with Gasteiger partial charge in [0.15, 0.2) is 0 Å². The Morgan fingerprint density at radius 1 is 1.33 bits per heavy atom. The van der Waals surface area contributed by atoms with Gasteiger partial charge in [-0.1, -0.05) is 41.9 Å². The molecule has 1 aliphatic heterocycles. The van der Waals surface area contributed by atoms with E-state index in [9.17, 15) is 9.59 Å². The number of carbonyl (C=O) groups excluding carboxylic acids is 2. The van der Waals surface area contributed by atoms with E-state index in [0.29, 0.717) is 8.61 Å². The van der Waals surface area contributed by atoms with Gasteiger partial charge in [0.05, 0.1) is 8.61 Å². The lowest BCUT2D eigenvalue weighted by atomic mass is 9.82. The number of rotatable bonds is 2. The fourth-order valence-electron chi connectivity index (χ4n) is 3.08. The number of benzene rings is 1. The van der Waals surface area contributed by atoms with E-state index >= 15 is 0 Å². The fourth-order valence-corrected chi connectivity index (χ4v) is 4.57. The summed E-state index contributed by atoms with van der Waals surface area (Å²) in [6, 6.07) is 9.69. The molecule has 1 aromatic carbocycles. The third-order valence-corrected chi connectivity index (χ3v) is 5.60. The van der Waals surface area contributed by atoms with Gasteiger partial charge in [-0.2, -0.15) is 0 Å². The van der Waals surface area contributed by atoms with Crippen LogP contribution in [0.15, 0.2) is 57.2 Å². The Morgan fingerprint density at radius 3 is 2.58 bits per heavy atom. The lowest BCUT2D eigenvalue weighted by Gasteiger charge is -2.38. The van der Waals surface area contributed by atoms with E-state index < -0.39 is 11.6 Å².